The van der Waals surface area contributed by atoms with Gasteiger partial charge < -0.3 is 10.6 Å². The van der Waals surface area contributed by atoms with E-state index >= 15 is 0 Å². The van der Waals surface area contributed by atoms with E-state index in [9.17, 15) is 0 Å². The van der Waals surface area contributed by atoms with E-state index in [2.05, 4.69) is 18.0 Å². The zero-order valence-corrected chi connectivity index (χ0v) is 9.12. The molecule has 4 heteroatoms. The Morgan fingerprint density at radius 1 is 1.31 bits per heavy atom. The van der Waals surface area contributed by atoms with Crippen molar-refractivity contribution in [1.29, 1.82) is 0 Å². The lowest BCUT2D eigenvalue weighted by Crippen LogP contribution is -2.12. The summed E-state index contributed by atoms with van der Waals surface area (Å²) in [5, 5.41) is 0. The Hall–Kier alpha value is -0.600. The van der Waals surface area contributed by atoms with Gasteiger partial charge in [-0.05, 0) is 24.1 Å². The Morgan fingerprint density at radius 2 is 2.00 bits per heavy atom. The lowest BCUT2D eigenvalue weighted by Gasteiger charge is -2.11. The van der Waals surface area contributed by atoms with Crippen molar-refractivity contribution in [3.63, 3.8) is 0 Å². The summed E-state index contributed by atoms with van der Waals surface area (Å²) >= 11 is 0. The Kier molecular flexibility index (Phi) is 4.37. The minimum absolute atomic E-state index is 0. The van der Waals surface area contributed by atoms with Crippen LogP contribution in [0.1, 0.15) is 5.56 Å². The standard InChI is InChI=1S/C9H12N2.2ClH/c1-11-5-4-7-2-3-8(10)6-9(7)11;;/h2-3,6H,4-5,10H2,1H3;2*1H. The van der Waals surface area contributed by atoms with E-state index < -0.39 is 0 Å². The molecule has 0 amide bonds. The Morgan fingerprint density at radius 3 is 2.69 bits per heavy atom. The molecule has 1 aromatic rings. The van der Waals surface area contributed by atoms with E-state index in [4.69, 9.17) is 5.73 Å². The molecular formula is C9H14Cl2N2. The smallest absolute Gasteiger partial charge is 0.0417 e. The molecule has 2 rings (SSSR count). The van der Waals surface area contributed by atoms with Gasteiger partial charge in [0.05, 0.1) is 0 Å². The first-order valence-electron chi connectivity index (χ1n) is 3.87. The number of likely N-dealkylation sites (N-methyl/N-ethyl adjacent to an activating group) is 1. The fourth-order valence-electron chi connectivity index (χ4n) is 1.56. The number of hydrogen-bond acceptors (Lipinski definition) is 2. The number of nitrogen functional groups attached to an aromatic ring is 1. The molecule has 1 heterocycles. The highest BCUT2D eigenvalue weighted by atomic mass is 35.5. The first-order valence-corrected chi connectivity index (χ1v) is 3.87. The SMILES string of the molecule is CN1CCc2ccc(N)cc21.Cl.Cl. The lowest BCUT2D eigenvalue weighted by atomic mass is 10.1. The summed E-state index contributed by atoms with van der Waals surface area (Å²) in [6.45, 7) is 1.12. The maximum absolute atomic E-state index is 5.67. The van der Waals surface area contributed by atoms with Gasteiger partial charge in [-0.2, -0.15) is 0 Å². The third-order valence-corrected chi connectivity index (χ3v) is 2.24. The number of nitrogens with two attached hydrogens (primary N) is 1. The fraction of sp³-hybridized carbons (Fsp3) is 0.333. The van der Waals surface area contributed by atoms with Crippen LogP contribution in [-0.2, 0) is 6.42 Å². The molecule has 0 aromatic heterocycles. The molecule has 2 nitrogen and oxygen atoms in total. The van der Waals surface area contributed by atoms with Crippen molar-refractivity contribution in [3.05, 3.63) is 23.8 Å². The molecule has 0 unspecified atom stereocenters. The first-order chi connectivity index (χ1) is 5.27. The van der Waals surface area contributed by atoms with Gasteiger partial charge in [-0.1, -0.05) is 6.07 Å². The van der Waals surface area contributed by atoms with Gasteiger partial charge in [-0.25, -0.2) is 0 Å². The number of hydrogen-bond donors (Lipinski definition) is 1. The van der Waals surface area contributed by atoms with Crippen LogP contribution in [0.25, 0.3) is 0 Å². The van der Waals surface area contributed by atoms with Gasteiger partial charge in [0.25, 0.3) is 0 Å². The molecule has 2 N–H and O–H groups in total. The lowest BCUT2D eigenvalue weighted by molar-refractivity contribution is 0.956. The zero-order chi connectivity index (χ0) is 7.84. The molecular weight excluding hydrogens is 207 g/mol. The molecule has 0 spiro atoms. The van der Waals surface area contributed by atoms with Crippen molar-refractivity contribution in [2.75, 3.05) is 24.2 Å². The average Bonchev–Trinajstić information content (AvgIpc) is 2.33. The van der Waals surface area contributed by atoms with E-state index in [1.165, 1.54) is 11.3 Å². The van der Waals surface area contributed by atoms with Gasteiger partial charge in [0.2, 0.25) is 0 Å². The third kappa shape index (κ3) is 2.20. The van der Waals surface area contributed by atoms with E-state index in [1.54, 1.807) is 0 Å². The number of halogens is 2. The van der Waals surface area contributed by atoms with Crippen LogP contribution in [0.15, 0.2) is 18.2 Å². The molecule has 0 saturated carbocycles. The first kappa shape index (κ1) is 12.4. The van der Waals surface area contributed by atoms with Crippen LogP contribution in [0, 0.1) is 0 Å². The minimum atomic E-state index is 0. The van der Waals surface area contributed by atoms with Crippen LogP contribution < -0.4 is 10.6 Å². The summed E-state index contributed by atoms with van der Waals surface area (Å²) in [6, 6.07) is 6.13. The van der Waals surface area contributed by atoms with E-state index in [0.717, 1.165) is 18.7 Å². The van der Waals surface area contributed by atoms with Crippen LogP contribution >= 0.6 is 24.8 Å². The summed E-state index contributed by atoms with van der Waals surface area (Å²) in [4.78, 5) is 2.24. The highest BCUT2D eigenvalue weighted by molar-refractivity contribution is 5.85. The second-order valence-electron chi connectivity index (χ2n) is 3.06. The topological polar surface area (TPSA) is 29.3 Å². The van der Waals surface area contributed by atoms with E-state index in [0.29, 0.717) is 0 Å². The molecule has 0 atom stereocenters. The fourth-order valence-corrected chi connectivity index (χ4v) is 1.56. The average molecular weight is 221 g/mol. The Labute approximate surface area is 90.9 Å². The molecule has 0 fully saturated rings. The molecule has 13 heavy (non-hydrogen) atoms. The molecule has 0 saturated heterocycles. The van der Waals surface area contributed by atoms with Crippen molar-refractivity contribution in [3.8, 4) is 0 Å². The Bertz CT molecular complexity index is 289. The normalized spacial score (nSPS) is 12.8. The highest BCUT2D eigenvalue weighted by Crippen LogP contribution is 2.28. The summed E-state index contributed by atoms with van der Waals surface area (Å²) in [5.41, 5.74) is 9.24. The minimum Gasteiger partial charge on any atom is -0.399 e. The number of fused-ring (bicyclic) bond motifs is 1. The van der Waals surface area contributed by atoms with Gasteiger partial charge >= 0.3 is 0 Å². The van der Waals surface area contributed by atoms with Gasteiger partial charge in [0.1, 0.15) is 0 Å². The monoisotopic (exact) mass is 220 g/mol. The van der Waals surface area contributed by atoms with Crippen LogP contribution in [0.4, 0.5) is 11.4 Å². The number of benzene rings is 1. The molecule has 74 valence electrons. The second kappa shape index (κ2) is 4.58. The maximum atomic E-state index is 5.67. The summed E-state index contributed by atoms with van der Waals surface area (Å²) in [7, 11) is 2.10. The van der Waals surface area contributed by atoms with Crippen LogP contribution in [0.3, 0.4) is 0 Å². The van der Waals surface area contributed by atoms with E-state index in [1.807, 2.05) is 12.1 Å². The summed E-state index contributed by atoms with van der Waals surface area (Å²) in [5.74, 6) is 0. The zero-order valence-electron chi connectivity index (χ0n) is 7.49. The molecule has 1 aliphatic heterocycles. The number of anilines is 2. The van der Waals surface area contributed by atoms with Crippen molar-refractivity contribution in [2.45, 2.75) is 6.42 Å². The van der Waals surface area contributed by atoms with Gasteiger partial charge in [-0.3, -0.25) is 0 Å². The maximum Gasteiger partial charge on any atom is 0.0417 e. The molecule has 0 radical (unpaired) electrons. The third-order valence-electron chi connectivity index (χ3n) is 2.24. The van der Waals surface area contributed by atoms with Crippen LogP contribution in [0.5, 0.6) is 0 Å². The van der Waals surface area contributed by atoms with Crippen molar-refractivity contribution < 1.29 is 0 Å². The highest BCUT2D eigenvalue weighted by Gasteiger charge is 2.14. The molecule has 0 bridgehead atoms. The summed E-state index contributed by atoms with van der Waals surface area (Å²) < 4.78 is 0. The quantitative estimate of drug-likeness (QED) is 0.680. The van der Waals surface area contributed by atoms with Crippen molar-refractivity contribution >= 4 is 36.2 Å². The van der Waals surface area contributed by atoms with Crippen molar-refractivity contribution in [1.82, 2.24) is 0 Å². The van der Waals surface area contributed by atoms with Gasteiger partial charge in [0.15, 0.2) is 0 Å². The molecule has 1 aliphatic rings. The van der Waals surface area contributed by atoms with Gasteiger partial charge in [-0.15, -0.1) is 24.8 Å². The van der Waals surface area contributed by atoms with E-state index in [-0.39, 0.29) is 24.8 Å². The number of nitrogens with zero attached hydrogens (tertiary/aromatic N) is 1. The summed E-state index contributed by atoms with van der Waals surface area (Å²) in [6.07, 6.45) is 1.16. The predicted molar refractivity (Wildman–Crippen MR) is 62.3 cm³/mol. The van der Waals surface area contributed by atoms with Crippen molar-refractivity contribution in [2.24, 2.45) is 0 Å². The predicted octanol–water partition coefficient (Wildman–Crippen LogP) is 2.10. The second-order valence-corrected chi connectivity index (χ2v) is 3.06. The number of rotatable bonds is 0. The van der Waals surface area contributed by atoms with Crippen LogP contribution in [-0.4, -0.2) is 13.6 Å². The molecule has 1 aromatic carbocycles. The Balaban J connectivity index is 0.000000720. The molecule has 0 aliphatic carbocycles. The largest absolute Gasteiger partial charge is 0.399 e. The van der Waals surface area contributed by atoms with Crippen LogP contribution in [0.2, 0.25) is 0 Å². The van der Waals surface area contributed by atoms with Gasteiger partial charge in [0, 0.05) is 25.0 Å².